The summed E-state index contributed by atoms with van der Waals surface area (Å²) in [7, 11) is 0. The highest BCUT2D eigenvalue weighted by atomic mass is 35.5. The molecule has 10 heteroatoms. The Balaban J connectivity index is 1.79. The van der Waals surface area contributed by atoms with Gasteiger partial charge in [-0.3, -0.25) is 14.9 Å². The number of non-ortho nitro benzene ring substituents is 1. The predicted octanol–water partition coefficient (Wildman–Crippen LogP) is 6.42. The van der Waals surface area contributed by atoms with Gasteiger partial charge < -0.3 is 14.8 Å². The lowest BCUT2D eigenvalue weighted by molar-refractivity contribution is -0.384. The van der Waals surface area contributed by atoms with Gasteiger partial charge in [0.2, 0.25) is 0 Å². The Labute approximate surface area is 211 Å². The largest absolute Gasteiger partial charge is 0.490 e. The second-order valence-corrected chi connectivity index (χ2v) is 7.94. The number of nitrogens with zero attached hydrogens (tertiary/aromatic N) is 2. The summed E-state index contributed by atoms with van der Waals surface area (Å²) < 4.78 is 11.5. The SMILES string of the molecule is CCOc1cc(/C=C(\C#N)C(=O)Nc2cccc([N+](=O)[O-])c2)ccc1OCc1ccc(Cl)cc1Cl. The summed E-state index contributed by atoms with van der Waals surface area (Å²) in [6, 6.07) is 17.4. The van der Waals surface area contributed by atoms with E-state index in [0.29, 0.717) is 33.7 Å². The summed E-state index contributed by atoms with van der Waals surface area (Å²) in [6.45, 7) is 2.36. The predicted molar refractivity (Wildman–Crippen MR) is 134 cm³/mol. The molecule has 0 spiro atoms. The third kappa shape index (κ3) is 6.96. The number of nitro groups is 1. The van der Waals surface area contributed by atoms with Crippen LogP contribution in [-0.4, -0.2) is 17.4 Å². The Morgan fingerprint density at radius 3 is 2.60 bits per heavy atom. The van der Waals surface area contributed by atoms with Gasteiger partial charge in [-0.15, -0.1) is 0 Å². The number of rotatable bonds is 9. The van der Waals surface area contributed by atoms with Gasteiger partial charge in [-0.1, -0.05) is 41.4 Å². The fourth-order valence-electron chi connectivity index (χ4n) is 3.01. The topological polar surface area (TPSA) is 114 Å². The number of nitro benzene ring substituents is 1. The highest BCUT2D eigenvalue weighted by molar-refractivity contribution is 6.35. The molecule has 3 rings (SSSR count). The number of amides is 1. The summed E-state index contributed by atoms with van der Waals surface area (Å²) >= 11 is 12.1. The number of carbonyl (C=O) groups excluding carboxylic acids is 1. The number of benzene rings is 3. The van der Waals surface area contributed by atoms with Gasteiger partial charge in [0.05, 0.1) is 11.5 Å². The van der Waals surface area contributed by atoms with Crippen LogP contribution in [0.2, 0.25) is 10.0 Å². The average Bonchev–Trinajstić information content (AvgIpc) is 2.83. The number of hydrogen-bond donors (Lipinski definition) is 1. The zero-order valence-electron chi connectivity index (χ0n) is 18.5. The molecule has 8 nitrogen and oxygen atoms in total. The van der Waals surface area contributed by atoms with Crippen LogP contribution < -0.4 is 14.8 Å². The van der Waals surface area contributed by atoms with Gasteiger partial charge >= 0.3 is 0 Å². The first-order chi connectivity index (χ1) is 16.8. The van der Waals surface area contributed by atoms with E-state index >= 15 is 0 Å². The average molecular weight is 512 g/mol. The molecule has 0 radical (unpaired) electrons. The van der Waals surface area contributed by atoms with E-state index < -0.39 is 10.8 Å². The van der Waals surface area contributed by atoms with E-state index in [2.05, 4.69) is 5.32 Å². The van der Waals surface area contributed by atoms with Gasteiger partial charge in [-0.05, 0) is 48.9 Å². The number of anilines is 1. The summed E-state index contributed by atoms with van der Waals surface area (Å²) in [6.07, 6.45) is 1.38. The van der Waals surface area contributed by atoms with Crippen LogP contribution in [0.25, 0.3) is 6.08 Å². The van der Waals surface area contributed by atoms with E-state index in [4.69, 9.17) is 32.7 Å². The van der Waals surface area contributed by atoms with Crippen molar-refractivity contribution in [3.63, 3.8) is 0 Å². The number of carbonyl (C=O) groups is 1. The van der Waals surface area contributed by atoms with E-state index in [1.807, 2.05) is 13.0 Å². The van der Waals surface area contributed by atoms with Gasteiger partial charge in [0, 0.05) is 33.4 Å². The summed E-state index contributed by atoms with van der Waals surface area (Å²) in [5, 5.41) is 23.9. The third-order valence-electron chi connectivity index (χ3n) is 4.66. The minimum Gasteiger partial charge on any atom is -0.490 e. The Morgan fingerprint density at radius 1 is 1.11 bits per heavy atom. The Kier molecular flexibility index (Phi) is 8.68. The molecule has 0 aliphatic carbocycles. The molecule has 0 unspecified atom stereocenters. The quantitative estimate of drug-likeness (QED) is 0.153. The summed E-state index contributed by atoms with van der Waals surface area (Å²) in [5.74, 6) is 0.168. The second kappa shape index (κ2) is 11.9. The van der Waals surface area contributed by atoms with Crippen molar-refractivity contribution in [1.82, 2.24) is 0 Å². The molecule has 0 fully saturated rings. The monoisotopic (exact) mass is 511 g/mol. The lowest BCUT2D eigenvalue weighted by atomic mass is 10.1. The van der Waals surface area contributed by atoms with Gasteiger partial charge in [0.1, 0.15) is 18.2 Å². The Hall–Kier alpha value is -4.06. The zero-order chi connectivity index (χ0) is 25.4. The first-order valence-electron chi connectivity index (χ1n) is 10.3. The van der Waals surface area contributed by atoms with Crippen molar-refractivity contribution in [2.24, 2.45) is 0 Å². The molecule has 35 heavy (non-hydrogen) atoms. The molecule has 3 aromatic carbocycles. The molecule has 3 aromatic rings. The van der Waals surface area contributed by atoms with Crippen LogP contribution in [0.3, 0.4) is 0 Å². The lowest BCUT2D eigenvalue weighted by Crippen LogP contribution is -2.13. The van der Waals surface area contributed by atoms with Gasteiger partial charge in [-0.2, -0.15) is 5.26 Å². The van der Waals surface area contributed by atoms with Crippen LogP contribution in [0, 0.1) is 21.4 Å². The summed E-state index contributed by atoms with van der Waals surface area (Å²) in [5.41, 5.74) is 1.09. The maximum absolute atomic E-state index is 12.6. The molecule has 0 atom stereocenters. The number of nitrogens with one attached hydrogen (secondary N) is 1. The molecule has 0 aliphatic heterocycles. The fraction of sp³-hybridized carbons (Fsp3) is 0.120. The zero-order valence-corrected chi connectivity index (χ0v) is 20.0. The molecule has 1 N–H and O–H groups in total. The Bertz CT molecular complexity index is 1330. The smallest absolute Gasteiger partial charge is 0.271 e. The fourth-order valence-corrected chi connectivity index (χ4v) is 3.47. The van der Waals surface area contributed by atoms with Gasteiger partial charge in [0.15, 0.2) is 11.5 Å². The standard InChI is InChI=1S/C25H19Cl2N3O5/c1-2-34-24-11-16(6-9-23(24)35-15-17-7-8-19(26)12-22(17)27)10-18(14-28)25(31)29-20-4-3-5-21(13-20)30(32)33/h3-13H,2,15H2,1H3,(H,29,31)/b18-10+. The third-order valence-corrected chi connectivity index (χ3v) is 5.24. The maximum Gasteiger partial charge on any atom is 0.271 e. The van der Waals surface area contributed by atoms with Crippen LogP contribution in [0.15, 0.2) is 66.2 Å². The minimum atomic E-state index is -0.705. The van der Waals surface area contributed by atoms with Crippen molar-refractivity contribution in [1.29, 1.82) is 5.26 Å². The van der Waals surface area contributed by atoms with Crippen molar-refractivity contribution in [2.75, 3.05) is 11.9 Å². The molecule has 0 aromatic heterocycles. The number of hydrogen-bond acceptors (Lipinski definition) is 6. The van der Waals surface area contributed by atoms with Gasteiger partial charge in [-0.25, -0.2) is 0 Å². The molecule has 0 bridgehead atoms. The highest BCUT2D eigenvalue weighted by Gasteiger charge is 2.14. The highest BCUT2D eigenvalue weighted by Crippen LogP contribution is 2.31. The normalized spacial score (nSPS) is 10.9. The molecule has 178 valence electrons. The molecule has 1 amide bonds. The maximum atomic E-state index is 12.6. The van der Waals surface area contributed by atoms with E-state index in [-0.39, 0.29) is 23.6 Å². The summed E-state index contributed by atoms with van der Waals surface area (Å²) in [4.78, 5) is 22.9. The lowest BCUT2D eigenvalue weighted by Gasteiger charge is -2.13. The minimum absolute atomic E-state index is 0.179. The van der Waals surface area contributed by atoms with Crippen molar-refractivity contribution in [3.8, 4) is 17.6 Å². The van der Waals surface area contributed by atoms with E-state index in [0.717, 1.165) is 5.56 Å². The van der Waals surface area contributed by atoms with Crippen LogP contribution >= 0.6 is 23.2 Å². The molecule has 0 aliphatic rings. The van der Waals surface area contributed by atoms with Crippen molar-refractivity contribution in [3.05, 3.63) is 97.5 Å². The molecular weight excluding hydrogens is 493 g/mol. The van der Waals surface area contributed by atoms with E-state index in [9.17, 15) is 20.2 Å². The number of ether oxygens (including phenoxy) is 2. The van der Waals surface area contributed by atoms with Crippen LogP contribution in [0.5, 0.6) is 11.5 Å². The molecule has 0 saturated carbocycles. The molecule has 0 saturated heterocycles. The van der Waals surface area contributed by atoms with Crippen LogP contribution in [0.4, 0.5) is 11.4 Å². The van der Waals surface area contributed by atoms with Crippen molar-refractivity contribution < 1.29 is 19.2 Å². The van der Waals surface area contributed by atoms with Crippen LogP contribution in [-0.2, 0) is 11.4 Å². The van der Waals surface area contributed by atoms with Gasteiger partial charge in [0.25, 0.3) is 11.6 Å². The first-order valence-corrected chi connectivity index (χ1v) is 11.1. The first kappa shape index (κ1) is 25.6. The second-order valence-electron chi connectivity index (χ2n) is 7.09. The van der Waals surface area contributed by atoms with E-state index in [1.165, 1.54) is 30.3 Å². The van der Waals surface area contributed by atoms with Crippen molar-refractivity contribution in [2.45, 2.75) is 13.5 Å². The number of halogens is 2. The number of nitriles is 1. The van der Waals surface area contributed by atoms with E-state index in [1.54, 1.807) is 36.4 Å². The Morgan fingerprint density at radius 2 is 1.91 bits per heavy atom. The van der Waals surface area contributed by atoms with Crippen molar-refractivity contribution >= 4 is 46.6 Å². The van der Waals surface area contributed by atoms with Crippen LogP contribution in [0.1, 0.15) is 18.1 Å². The molecule has 0 heterocycles. The molecular formula is C25H19Cl2N3O5.